The van der Waals surface area contributed by atoms with Crippen LogP contribution in [0.25, 0.3) is 0 Å². The molecule has 2 N–H and O–H groups in total. The molecule has 0 saturated carbocycles. The van der Waals surface area contributed by atoms with E-state index in [2.05, 4.69) is 56.7 Å². The summed E-state index contributed by atoms with van der Waals surface area (Å²) in [6.07, 6.45) is -0.519. The topological polar surface area (TPSA) is 61.8 Å². The van der Waals surface area contributed by atoms with Crippen LogP contribution in [0.15, 0.2) is 47.6 Å². The molecule has 1 fully saturated rings. The van der Waals surface area contributed by atoms with Crippen LogP contribution in [0.3, 0.4) is 0 Å². The van der Waals surface area contributed by atoms with Crippen LogP contribution in [0.2, 0.25) is 0 Å². The zero-order chi connectivity index (χ0) is 22.3. The minimum Gasteiger partial charge on any atom is -0.468 e. The van der Waals surface area contributed by atoms with E-state index in [1.165, 1.54) is 30.8 Å². The van der Waals surface area contributed by atoms with E-state index in [-0.39, 0.29) is 11.9 Å². The van der Waals surface area contributed by atoms with Crippen LogP contribution >= 0.6 is 0 Å². The third-order valence-electron chi connectivity index (χ3n) is 5.06. The summed E-state index contributed by atoms with van der Waals surface area (Å²) in [5.74, 6) is 0.528. The fourth-order valence-electron chi connectivity index (χ4n) is 3.43. The number of anilines is 1. The van der Waals surface area contributed by atoms with E-state index in [0.29, 0.717) is 12.5 Å². The Balaban J connectivity index is 1.55. The SMILES string of the molecule is CN=C(NCc1ccnc(OCC(F)(F)F)c1)NC(C)c1cccc(N2CCCC2)c1. The van der Waals surface area contributed by atoms with Crippen molar-refractivity contribution in [2.24, 2.45) is 4.99 Å². The second-order valence-electron chi connectivity index (χ2n) is 7.49. The molecule has 31 heavy (non-hydrogen) atoms. The smallest absolute Gasteiger partial charge is 0.422 e. The van der Waals surface area contributed by atoms with Gasteiger partial charge >= 0.3 is 6.18 Å². The molecule has 1 aliphatic rings. The first-order chi connectivity index (χ1) is 14.8. The van der Waals surface area contributed by atoms with Gasteiger partial charge in [0.25, 0.3) is 0 Å². The van der Waals surface area contributed by atoms with E-state index in [0.717, 1.165) is 24.2 Å². The predicted molar refractivity (Wildman–Crippen MR) is 115 cm³/mol. The molecule has 1 aromatic carbocycles. The van der Waals surface area contributed by atoms with E-state index in [4.69, 9.17) is 4.74 Å². The lowest BCUT2D eigenvalue weighted by molar-refractivity contribution is -0.154. The first-order valence-corrected chi connectivity index (χ1v) is 10.3. The molecule has 0 amide bonds. The highest BCUT2D eigenvalue weighted by Crippen LogP contribution is 2.24. The van der Waals surface area contributed by atoms with Crippen LogP contribution in [0.5, 0.6) is 5.88 Å². The second-order valence-corrected chi connectivity index (χ2v) is 7.49. The molecule has 0 spiro atoms. The van der Waals surface area contributed by atoms with Crippen molar-refractivity contribution in [3.63, 3.8) is 0 Å². The highest BCUT2D eigenvalue weighted by molar-refractivity contribution is 5.80. The number of halogens is 3. The van der Waals surface area contributed by atoms with Crippen molar-refractivity contribution in [3.8, 4) is 5.88 Å². The molecule has 6 nitrogen and oxygen atoms in total. The van der Waals surface area contributed by atoms with E-state index < -0.39 is 12.8 Å². The fourth-order valence-corrected chi connectivity index (χ4v) is 3.43. The Hall–Kier alpha value is -2.97. The predicted octanol–water partition coefficient (Wildman–Crippen LogP) is 4.05. The van der Waals surface area contributed by atoms with Gasteiger partial charge in [-0.1, -0.05) is 12.1 Å². The van der Waals surface area contributed by atoms with Gasteiger partial charge in [-0.3, -0.25) is 4.99 Å². The molecule has 0 radical (unpaired) electrons. The van der Waals surface area contributed by atoms with Gasteiger partial charge in [0.1, 0.15) is 0 Å². The standard InChI is InChI=1S/C22H28F3N5O/c1-16(18-6-5-7-19(13-18)30-10-3-4-11-30)29-21(26-2)28-14-17-8-9-27-20(12-17)31-15-22(23,24)25/h5-9,12-13,16H,3-4,10-11,14-15H2,1-2H3,(H2,26,28,29). The molecule has 2 aromatic rings. The molecule has 1 unspecified atom stereocenters. The minimum absolute atomic E-state index is 0.0249. The average Bonchev–Trinajstić information content (AvgIpc) is 3.30. The van der Waals surface area contributed by atoms with Crippen LogP contribution in [-0.4, -0.2) is 43.9 Å². The van der Waals surface area contributed by atoms with Gasteiger partial charge in [0, 0.05) is 44.6 Å². The van der Waals surface area contributed by atoms with Gasteiger partial charge < -0.3 is 20.3 Å². The van der Waals surface area contributed by atoms with Gasteiger partial charge in [-0.2, -0.15) is 13.2 Å². The van der Waals surface area contributed by atoms with Gasteiger partial charge in [-0.15, -0.1) is 0 Å². The summed E-state index contributed by atoms with van der Waals surface area (Å²) in [4.78, 5) is 10.5. The lowest BCUT2D eigenvalue weighted by atomic mass is 10.1. The molecule has 1 saturated heterocycles. The maximum absolute atomic E-state index is 12.3. The minimum atomic E-state index is -4.40. The lowest BCUT2D eigenvalue weighted by Crippen LogP contribution is -2.38. The normalized spacial score (nSPS) is 15.6. The summed E-state index contributed by atoms with van der Waals surface area (Å²) < 4.78 is 41.7. The molecule has 2 heterocycles. The van der Waals surface area contributed by atoms with Crippen LogP contribution in [0.4, 0.5) is 18.9 Å². The quantitative estimate of drug-likeness (QED) is 0.508. The summed E-state index contributed by atoms with van der Waals surface area (Å²) in [5, 5.41) is 6.53. The Morgan fingerprint density at radius 3 is 2.71 bits per heavy atom. The summed E-state index contributed by atoms with van der Waals surface area (Å²) in [6.45, 7) is 3.24. The highest BCUT2D eigenvalue weighted by Gasteiger charge is 2.28. The molecular weight excluding hydrogens is 407 g/mol. The van der Waals surface area contributed by atoms with Crippen molar-refractivity contribution in [1.29, 1.82) is 0 Å². The van der Waals surface area contributed by atoms with Crippen molar-refractivity contribution in [1.82, 2.24) is 15.6 Å². The van der Waals surface area contributed by atoms with Crippen molar-refractivity contribution >= 4 is 11.6 Å². The average molecular weight is 435 g/mol. The zero-order valence-corrected chi connectivity index (χ0v) is 17.7. The first-order valence-electron chi connectivity index (χ1n) is 10.3. The summed E-state index contributed by atoms with van der Waals surface area (Å²) in [6, 6.07) is 11.7. The number of benzene rings is 1. The number of nitrogens with zero attached hydrogens (tertiary/aromatic N) is 3. The van der Waals surface area contributed by atoms with Crippen LogP contribution in [0.1, 0.15) is 36.9 Å². The third kappa shape index (κ3) is 7.04. The zero-order valence-electron chi connectivity index (χ0n) is 17.7. The first kappa shape index (κ1) is 22.7. The number of ether oxygens (including phenoxy) is 1. The van der Waals surface area contributed by atoms with Crippen LogP contribution in [0, 0.1) is 0 Å². The van der Waals surface area contributed by atoms with E-state index in [1.807, 2.05) is 0 Å². The van der Waals surface area contributed by atoms with Crippen molar-refractivity contribution in [3.05, 3.63) is 53.7 Å². The van der Waals surface area contributed by atoms with E-state index in [9.17, 15) is 13.2 Å². The Morgan fingerprint density at radius 2 is 2.00 bits per heavy atom. The number of rotatable bonds is 7. The molecule has 0 aliphatic carbocycles. The molecule has 3 rings (SSSR count). The largest absolute Gasteiger partial charge is 0.468 e. The molecule has 1 aromatic heterocycles. The van der Waals surface area contributed by atoms with Crippen molar-refractivity contribution in [2.45, 2.75) is 38.5 Å². The lowest BCUT2D eigenvalue weighted by Gasteiger charge is -2.22. The molecule has 1 atom stereocenters. The monoisotopic (exact) mass is 435 g/mol. The number of hydrogen-bond donors (Lipinski definition) is 2. The Labute approximate surface area is 180 Å². The Kier molecular flexibility index (Phi) is 7.59. The molecule has 168 valence electrons. The summed E-state index contributed by atoms with van der Waals surface area (Å²) >= 11 is 0. The van der Waals surface area contributed by atoms with Gasteiger partial charge in [-0.25, -0.2) is 4.98 Å². The number of guanidine groups is 1. The third-order valence-corrected chi connectivity index (χ3v) is 5.06. The Bertz CT molecular complexity index is 881. The van der Waals surface area contributed by atoms with Crippen LogP contribution in [-0.2, 0) is 6.54 Å². The van der Waals surface area contributed by atoms with Crippen molar-refractivity contribution in [2.75, 3.05) is 31.6 Å². The number of hydrogen-bond acceptors (Lipinski definition) is 4. The van der Waals surface area contributed by atoms with Crippen LogP contribution < -0.4 is 20.3 Å². The molecular formula is C22H28F3N5O. The maximum atomic E-state index is 12.3. The number of alkyl halides is 3. The number of aliphatic imine (C=N–C) groups is 1. The number of aromatic nitrogens is 1. The number of pyridine rings is 1. The van der Waals surface area contributed by atoms with Gasteiger partial charge in [0.2, 0.25) is 5.88 Å². The van der Waals surface area contributed by atoms with Crippen molar-refractivity contribution < 1.29 is 17.9 Å². The molecule has 9 heteroatoms. The van der Waals surface area contributed by atoms with Gasteiger partial charge in [0.05, 0.1) is 6.04 Å². The van der Waals surface area contributed by atoms with Gasteiger partial charge in [0.15, 0.2) is 12.6 Å². The van der Waals surface area contributed by atoms with E-state index in [1.54, 1.807) is 13.1 Å². The summed E-state index contributed by atoms with van der Waals surface area (Å²) in [7, 11) is 1.67. The molecule has 0 bridgehead atoms. The summed E-state index contributed by atoms with van der Waals surface area (Å²) in [5.41, 5.74) is 3.12. The fraction of sp³-hybridized carbons (Fsp3) is 0.455. The second kappa shape index (κ2) is 10.4. The van der Waals surface area contributed by atoms with Gasteiger partial charge in [-0.05, 0) is 49.1 Å². The molecule has 1 aliphatic heterocycles. The maximum Gasteiger partial charge on any atom is 0.422 e. The van der Waals surface area contributed by atoms with E-state index >= 15 is 0 Å². The Morgan fingerprint density at radius 1 is 1.23 bits per heavy atom. The highest BCUT2D eigenvalue weighted by atomic mass is 19.4. The number of nitrogens with one attached hydrogen (secondary N) is 2.